The van der Waals surface area contributed by atoms with E-state index in [0.29, 0.717) is 53.1 Å². The van der Waals surface area contributed by atoms with Gasteiger partial charge in [-0.3, -0.25) is 48.2 Å². The van der Waals surface area contributed by atoms with Gasteiger partial charge < -0.3 is 50.2 Å². The van der Waals surface area contributed by atoms with Crippen LogP contribution in [0.1, 0.15) is 109 Å². The Morgan fingerprint density at radius 2 is 0.800 bits per heavy atom. The first-order valence-corrected chi connectivity index (χ1v) is 27.1. The number of carbonyl (C=O) groups is 4. The monoisotopic (exact) mass is 1440 g/mol. The number of benzene rings is 3. The number of aromatic nitrogens is 9. The van der Waals surface area contributed by atoms with Crippen molar-refractivity contribution in [2.45, 2.75) is 78.8 Å². The van der Waals surface area contributed by atoms with E-state index >= 15 is 0 Å². The van der Waals surface area contributed by atoms with Crippen LogP contribution in [0.3, 0.4) is 0 Å². The van der Waals surface area contributed by atoms with E-state index in [0.717, 1.165) is 57.1 Å². The Morgan fingerprint density at radius 3 is 1.12 bits per heavy atom. The van der Waals surface area contributed by atoms with Gasteiger partial charge >= 0.3 is 103 Å². The van der Waals surface area contributed by atoms with E-state index < -0.39 is 0 Å². The Morgan fingerprint density at radius 1 is 0.489 bits per heavy atom. The Labute approximate surface area is 636 Å². The van der Waals surface area contributed by atoms with Crippen LogP contribution in [-0.4, -0.2) is 108 Å². The van der Waals surface area contributed by atoms with Crippen molar-refractivity contribution < 1.29 is 172 Å². The molecule has 0 aliphatic rings. The minimum atomic E-state index is -0.181. The van der Waals surface area contributed by atoms with Crippen LogP contribution in [-0.2, 0) is 38.2 Å². The molecule has 9 aromatic rings. The summed E-state index contributed by atoms with van der Waals surface area (Å²) in [6, 6.07) is 32.5. The van der Waals surface area contributed by atoms with Crippen molar-refractivity contribution in [2.24, 2.45) is 0 Å². The molecule has 0 spiro atoms. The van der Waals surface area contributed by atoms with Crippen molar-refractivity contribution in [3.05, 3.63) is 180 Å². The molecule has 3 aromatic carbocycles. The van der Waals surface area contributed by atoms with E-state index in [1.807, 2.05) is 68.6 Å². The largest absolute Gasteiger partial charge is 1.00 e. The Balaban J connectivity index is 0.00000118. The number of hydrogen-bond acceptors (Lipinski definition) is 20. The zero-order valence-electron chi connectivity index (χ0n) is 52.4. The van der Waals surface area contributed by atoms with Crippen molar-refractivity contribution in [3.63, 3.8) is 0 Å². The average molecular weight is 1440 g/mol. The van der Waals surface area contributed by atoms with E-state index in [1.165, 1.54) is 26.4 Å². The quantitative estimate of drug-likeness (QED) is 0.0150. The van der Waals surface area contributed by atoms with Gasteiger partial charge in [0.05, 0.1) is 50.9 Å². The first-order valence-electron chi connectivity index (χ1n) is 26.5. The molecule has 0 bridgehead atoms. The van der Waals surface area contributed by atoms with Crippen molar-refractivity contribution in [1.29, 1.82) is 0 Å². The minimum absolute atomic E-state index is 0. The number of nitrogens with zero attached hydrogens (tertiary/aromatic N) is 9. The van der Waals surface area contributed by atoms with Crippen LogP contribution < -0.4 is 127 Å². The van der Waals surface area contributed by atoms with Crippen LogP contribution in [0.4, 0.5) is 0 Å². The summed E-state index contributed by atoms with van der Waals surface area (Å²) in [6.45, 7) is 12.8. The molecular weight excluding hydrogens is 1370 g/mol. The summed E-state index contributed by atoms with van der Waals surface area (Å²) in [5, 5.41) is 40.5. The van der Waals surface area contributed by atoms with Crippen LogP contribution in [0.15, 0.2) is 146 Å². The van der Waals surface area contributed by atoms with Crippen molar-refractivity contribution >= 4 is 73.3 Å². The van der Waals surface area contributed by atoms with E-state index in [1.54, 1.807) is 79.6 Å². The molecular formula is C62H70Cl2IK2N9O14. The fraction of sp³-hybridized carbons (Fsp3) is 0.258. The van der Waals surface area contributed by atoms with Gasteiger partial charge in [-0.1, -0.05) is 36.4 Å². The summed E-state index contributed by atoms with van der Waals surface area (Å²) in [5.41, 5.74) is 8.76. The van der Waals surface area contributed by atoms with Gasteiger partial charge in [-0.15, -0.1) is 48.0 Å². The van der Waals surface area contributed by atoms with E-state index in [-0.39, 0.29) is 209 Å². The maximum absolute atomic E-state index is 11.6. The predicted molar refractivity (Wildman–Crippen MR) is 341 cm³/mol. The molecule has 0 atom stereocenters. The molecule has 0 aliphatic carbocycles. The average Bonchev–Trinajstić information content (AvgIpc) is 3.35. The number of halogens is 3. The topological polar surface area (TPSA) is 289 Å². The van der Waals surface area contributed by atoms with Gasteiger partial charge in [0.1, 0.15) is 47.7 Å². The molecule has 0 radical (unpaired) electrons. The molecule has 0 amide bonds. The van der Waals surface area contributed by atoms with Crippen LogP contribution in [0.2, 0.25) is 0 Å². The molecule has 90 heavy (non-hydrogen) atoms. The van der Waals surface area contributed by atoms with Crippen LogP contribution in [0, 0.1) is 0 Å². The molecule has 0 fully saturated rings. The predicted octanol–water partition coefficient (Wildman–Crippen LogP) is 5.57. The number of phenolic OH excluding ortho intramolecular Hbond substituents is 2. The Bertz CT molecular complexity index is 3590. The van der Waals surface area contributed by atoms with E-state index in [2.05, 4.69) is 81.4 Å². The molecule has 28 heteroatoms. The maximum Gasteiger partial charge on any atom is 1.00 e. The number of aldehydes is 3. The molecule has 2 N–H and O–H groups in total. The second-order valence-corrected chi connectivity index (χ2v) is 19.0. The third-order valence-electron chi connectivity index (χ3n) is 12.0. The minimum Gasteiger partial charge on any atom is -1.00 e. The van der Waals surface area contributed by atoms with Crippen LogP contribution in [0.5, 0.6) is 34.5 Å². The Kier molecular flexibility index (Phi) is 41.1. The van der Waals surface area contributed by atoms with Gasteiger partial charge in [0.15, 0.2) is 32.4 Å². The van der Waals surface area contributed by atoms with Gasteiger partial charge in [-0.2, -0.15) is 15.3 Å². The third kappa shape index (κ3) is 24.2. The summed E-state index contributed by atoms with van der Waals surface area (Å²) < 4.78 is 37.6. The summed E-state index contributed by atoms with van der Waals surface area (Å²) in [5.74, 6) is 1.78. The molecule has 0 unspecified atom stereocenters. The molecule has 9 rings (SSSR count). The maximum atomic E-state index is 11.6. The molecule has 6 aromatic heterocycles. The number of phenols is 2. The summed E-state index contributed by atoms with van der Waals surface area (Å²) in [4.78, 5) is 57.9. The van der Waals surface area contributed by atoms with Crippen molar-refractivity contribution in [3.8, 4) is 68.7 Å². The number of carbonyl (C=O) groups excluding carboxylic acids is 4. The zero-order chi connectivity index (χ0) is 62.4. The van der Waals surface area contributed by atoms with E-state index in [4.69, 9.17) is 45.3 Å². The molecule has 0 saturated carbocycles. The Hall–Kier alpha value is -5.52. The number of methoxy groups -OCH3 is 2. The fourth-order valence-corrected chi connectivity index (χ4v) is 8.31. The first kappa shape index (κ1) is 82.5. The summed E-state index contributed by atoms with van der Waals surface area (Å²) in [7, 11) is 3.00. The SMILES string of the molecule is CC(C)n1nccc1-c1ncccc1CCl.CC(C)n1nccc1-c1ncccc1COc1cccc(O)c1C=O.COCOc1cccc(O)c1C=O.COCOc1cccc(OCc2cccnc2-c2ccnn2C(C)C)c1C=O.Cl.I.O=CO[O-].[H-].[K+].[K+]. The number of pyridine rings is 3. The third-order valence-corrected chi connectivity index (χ3v) is 12.2. The van der Waals surface area contributed by atoms with Gasteiger partial charge in [0.25, 0.3) is 6.47 Å². The second-order valence-electron chi connectivity index (χ2n) is 18.7. The van der Waals surface area contributed by atoms with Crippen LogP contribution >= 0.6 is 48.0 Å². The normalized spacial score (nSPS) is 9.97. The standard InChI is InChI=1S/C21H23N3O4.C19H19N3O3.C12H14ClN3.C9H10O4.CH2O3.ClH.HI.2K.H/c1-15(2)24-18(9-11-23-24)21-16(6-5-10-22-21)13-27-19-7-4-8-20(17(19)12-25)28-14-26-3;1-13(2)22-16(8-10-21-22)19-14(5-4-9-20-19)12-25-18-7-3-6-17(24)15(18)11-23;1-9(2)16-11(5-7-15-16)12-10(8-13)4-3-6-14-12;1-12-6-13-9-4-2-3-8(11)7(9)5-10;2-1-4-3;;;;;/h4-12,15H,13-14H2,1-3H3;3-11,13,24H,12H2,1-2H3;3-7,9H,8H2,1-2H3;2-5,11H,6H2,1H3;1,3H;2*1H;;;/q;;;;;;;2*+1;-1/p-1. The van der Waals surface area contributed by atoms with Crippen molar-refractivity contribution in [1.82, 2.24) is 44.3 Å². The number of aromatic hydroxyl groups is 2. The van der Waals surface area contributed by atoms with Gasteiger partial charge in [-0.25, -0.2) is 0 Å². The first-order chi connectivity index (χ1) is 41.7. The number of hydrogen-bond donors (Lipinski definition) is 2. The van der Waals surface area contributed by atoms with Crippen molar-refractivity contribution in [2.75, 3.05) is 27.8 Å². The smallest absolute Gasteiger partial charge is 1.00 e. The van der Waals surface area contributed by atoms with Gasteiger partial charge in [0, 0.05) is 86.5 Å². The van der Waals surface area contributed by atoms with Gasteiger partial charge in [-0.05, 0) is 120 Å². The second kappa shape index (κ2) is 44.9. The fourth-order valence-electron chi connectivity index (χ4n) is 8.09. The molecule has 0 aliphatic heterocycles. The molecule has 470 valence electrons. The van der Waals surface area contributed by atoms with E-state index in [9.17, 15) is 24.6 Å². The zero-order valence-corrected chi connectivity index (χ0v) is 61.6. The molecule has 0 saturated heterocycles. The van der Waals surface area contributed by atoms with Crippen LogP contribution in [0.25, 0.3) is 34.2 Å². The summed E-state index contributed by atoms with van der Waals surface area (Å²) >= 11 is 5.91. The number of alkyl halides is 1. The number of rotatable bonds is 23. The number of ether oxygens (including phenoxy) is 6. The molecule has 23 nitrogen and oxygen atoms in total. The summed E-state index contributed by atoms with van der Waals surface area (Å²) in [6.07, 6.45) is 12.4. The molecule has 6 heterocycles. The van der Waals surface area contributed by atoms with Gasteiger partial charge in [0.2, 0.25) is 0 Å².